The molecule has 120 valence electrons. The molecule has 0 unspecified atom stereocenters. The van der Waals surface area contributed by atoms with Crippen LogP contribution in [0.15, 0.2) is 30.3 Å². The largest absolute Gasteiger partial charge is 0.350 e. The van der Waals surface area contributed by atoms with Crippen LogP contribution in [0.25, 0.3) is 10.2 Å². The van der Waals surface area contributed by atoms with E-state index >= 15 is 0 Å². The third-order valence-electron chi connectivity index (χ3n) is 3.58. The fourth-order valence-corrected chi connectivity index (χ4v) is 3.19. The lowest BCUT2D eigenvalue weighted by Crippen LogP contribution is -2.26. The van der Waals surface area contributed by atoms with Crippen LogP contribution in [0.1, 0.15) is 42.0 Å². The molecule has 0 fully saturated rings. The number of nitrogens with one attached hydrogen (secondary N) is 2. The fraction of sp³-hybridized carbons (Fsp3) is 0.353. The van der Waals surface area contributed by atoms with E-state index in [1.54, 1.807) is 11.3 Å². The minimum atomic E-state index is -0.155. The SMILES string of the molecule is CC(C)(C)c1cc(C(=O)NCCc2nc3ccccc3s2)n[nH]1. The van der Waals surface area contributed by atoms with Crippen LogP contribution in [-0.4, -0.2) is 27.6 Å². The first-order valence-electron chi connectivity index (χ1n) is 7.62. The van der Waals surface area contributed by atoms with Gasteiger partial charge in [0.25, 0.3) is 5.91 Å². The molecule has 5 nitrogen and oxygen atoms in total. The quantitative estimate of drug-likeness (QED) is 0.772. The molecule has 2 aromatic heterocycles. The van der Waals surface area contributed by atoms with Crippen LogP contribution in [-0.2, 0) is 11.8 Å². The number of aromatic nitrogens is 3. The summed E-state index contributed by atoms with van der Waals surface area (Å²) in [7, 11) is 0. The number of rotatable bonds is 4. The molecule has 2 heterocycles. The number of benzene rings is 1. The number of para-hydroxylation sites is 1. The highest BCUT2D eigenvalue weighted by molar-refractivity contribution is 7.18. The molecule has 3 rings (SSSR count). The molecule has 0 saturated heterocycles. The first-order valence-corrected chi connectivity index (χ1v) is 8.44. The summed E-state index contributed by atoms with van der Waals surface area (Å²) in [5.74, 6) is -0.155. The molecule has 0 aliphatic heterocycles. The lowest BCUT2D eigenvalue weighted by molar-refractivity contribution is 0.0949. The summed E-state index contributed by atoms with van der Waals surface area (Å²) in [4.78, 5) is 16.7. The molecule has 6 heteroatoms. The Hall–Kier alpha value is -2.21. The summed E-state index contributed by atoms with van der Waals surface area (Å²) in [6, 6.07) is 9.87. The normalized spacial score (nSPS) is 11.8. The number of carbonyl (C=O) groups excluding carboxylic acids is 1. The van der Waals surface area contributed by atoms with E-state index < -0.39 is 0 Å². The van der Waals surface area contributed by atoms with E-state index in [9.17, 15) is 4.79 Å². The van der Waals surface area contributed by atoms with Gasteiger partial charge in [-0.05, 0) is 18.2 Å². The number of carbonyl (C=O) groups is 1. The van der Waals surface area contributed by atoms with Gasteiger partial charge in [-0.3, -0.25) is 9.89 Å². The van der Waals surface area contributed by atoms with Crippen molar-refractivity contribution < 1.29 is 4.79 Å². The molecule has 2 N–H and O–H groups in total. The second-order valence-electron chi connectivity index (χ2n) is 6.50. The maximum atomic E-state index is 12.1. The number of fused-ring (bicyclic) bond motifs is 1. The van der Waals surface area contributed by atoms with Gasteiger partial charge in [0.1, 0.15) is 5.69 Å². The first kappa shape index (κ1) is 15.7. The second-order valence-corrected chi connectivity index (χ2v) is 7.61. The zero-order valence-electron chi connectivity index (χ0n) is 13.5. The van der Waals surface area contributed by atoms with Gasteiger partial charge >= 0.3 is 0 Å². The van der Waals surface area contributed by atoms with Crippen LogP contribution in [0, 0.1) is 0 Å². The Labute approximate surface area is 139 Å². The molecule has 1 aromatic carbocycles. The van der Waals surface area contributed by atoms with Crippen molar-refractivity contribution in [2.75, 3.05) is 6.54 Å². The van der Waals surface area contributed by atoms with Gasteiger partial charge in [0.2, 0.25) is 0 Å². The lowest BCUT2D eigenvalue weighted by Gasteiger charge is -2.14. The van der Waals surface area contributed by atoms with Crippen LogP contribution < -0.4 is 5.32 Å². The predicted molar refractivity (Wildman–Crippen MR) is 92.9 cm³/mol. The maximum Gasteiger partial charge on any atom is 0.271 e. The monoisotopic (exact) mass is 328 g/mol. The molecule has 0 atom stereocenters. The van der Waals surface area contributed by atoms with Crippen molar-refractivity contribution >= 4 is 27.5 Å². The van der Waals surface area contributed by atoms with Crippen LogP contribution in [0.5, 0.6) is 0 Å². The molecule has 0 aliphatic carbocycles. The first-order chi connectivity index (χ1) is 10.9. The Bertz CT molecular complexity index is 795. The van der Waals surface area contributed by atoms with Gasteiger partial charge in [0.05, 0.1) is 15.2 Å². The number of H-pyrrole nitrogens is 1. The van der Waals surface area contributed by atoms with Crippen molar-refractivity contribution in [1.82, 2.24) is 20.5 Å². The molecule has 1 amide bonds. The fourth-order valence-electron chi connectivity index (χ4n) is 2.22. The summed E-state index contributed by atoms with van der Waals surface area (Å²) in [5, 5.41) is 11.0. The minimum Gasteiger partial charge on any atom is -0.350 e. The van der Waals surface area contributed by atoms with Gasteiger partial charge in [0.15, 0.2) is 0 Å². The third-order valence-corrected chi connectivity index (χ3v) is 4.68. The van der Waals surface area contributed by atoms with Crippen LogP contribution in [0.4, 0.5) is 0 Å². The average molecular weight is 328 g/mol. The maximum absolute atomic E-state index is 12.1. The van der Waals surface area contributed by atoms with Gasteiger partial charge < -0.3 is 5.32 Å². The van der Waals surface area contributed by atoms with Crippen molar-refractivity contribution in [2.45, 2.75) is 32.6 Å². The summed E-state index contributed by atoms with van der Waals surface area (Å²) in [6.45, 7) is 6.79. The zero-order chi connectivity index (χ0) is 16.4. The van der Waals surface area contributed by atoms with Crippen molar-refractivity contribution in [3.63, 3.8) is 0 Å². The van der Waals surface area contributed by atoms with Crippen LogP contribution >= 0.6 is 11.3 Å². The molecule has 3 aromatic rings. The van der Waals surface area contributed by atoms with Crippen molar-refractivity contribution in [3.8, 4) is 0 Å². The third kappa shape index (κ3) is 3.59. The Kier molecular flexibility index (Phi) is 4.17. The molecule has 23 heavy (non-hydrogen) atoms. The molecule has 0 aliphatic rings. The Morgan fingerprint density at radius 3 is 2.78 bits per heavy atom. The average Bonchev–Trinajstić information content (AvgIpc) is 3.13. The Balaban J connectivity index is 1.57. The highest BCUT2D eigenvalue weighted by atomic mass is 32.1. The number of hydrogen-bond acceptors (Lipinski definition) is 4. The number of nitrogens with zero attached hydrogens (tertiary/aromatic N) is 2. The Morgan fingerprint density at radius 1 is 1.30 bits per heavy atom. The highest BCUT2D eigenvalue weighted by Gasteiger charge is 2.19. The van der Waals surface area contributed by atoms with Crippen molar-refractivity contribution in [3.05, 3.63) is 46.7 Å². The summed E-state index contributed by atoms with van der Waals surface area (Å²) >= 11 is 1.67. The van der Waals surface area contributed by atoms with Crippen molar-refractivity contribution in [2.24, 2.45) is 0 Å². The van der Waals surface area contributed by atoms with Crippen LogP contribution in [0.2, 0.25) is 0 Å². The molecule has 0 saturated carbocycles. The summed E-state index contributed by atoms with van der Waals surface area (Å²) in [5.41, 5.74) is 2.35. The van der Waals surface area contributed by atoms with Gasteiger partial charge in [-0.1, -0.05) is 32.9 Å². The predicted octanol–water partition coefficient (Wildman–Crippen LogP) is 3.29. The van der Waals surface area contributed by atoms with Gasteiger partial charge in [-0.25, -0.2) is 4.98 Å². The number of thiazole rings is 1. The number of amides is 1. The zero-order valence-corrected chi connectivity index (χ0v) is 14.3. The molecular weight excluding hydrogens is 308 g/mol. The molecule has 0 radical (unpaired) electrons. The standard InChI is InChI=1S/C17H20N4OS/c1-17(2,3)14-10-12(20-21-14)16(22)18-9-8-15-19-11-6-4-5-7-13(11)23-15/h4-7,10H,8-9H2,1-3H3,(H,18,22)(H,20,21). The van der Waals surface area contributed by atoms with Gasteiger partial charge in [-0.15, -0.1) is 11.3 Å². The van der Waals surface area contributed by atoms with E-state index in [2.05, 4.69) is 47.3 Å². The van der Waals surface area contributed by atoms with E-state index in [1.165, 1.54) is 4.70 Å². The number of hydrogen-bond donors (Lipinski definition) is 2. The molecule has 0 bridgehead atoms. The highest BCUT2D eigenvalue weighted by Crippen LogP contribution is 2.22. The second kappa shape index (κ2) is 6.12. The van der Waals surface area contributed by atoms with E-state index in [0.29, 0.717) is 12.2 Å². The van der Waals surface area contributed by atoms with E-state index in [0.717, 1.165) is 22.6 Å². The Morgan fingerprint density at radius 2 is 2.09 bits per heavy atom. The molecular formula is C17H20N4OS. The topological polar surface area (TPSA) is 70.7 Å². The van der Waals surface area contributed by atoms with Gasteiger partial charge in [0, 0.05) is 24.1 Å². The lowest BCUT2D eigenvalue weighted by atomic mass is 9.92. The summed E-state index contributed by atoms with van der Waals surface area (Å²) in [6.07, 6.45) is 0.724. The van der Waals surface area contributed by atoms with E-state index in [-0.39, 0.29) is 11.3 Å². The van der Waals surface area contributed by atoms with E-state index in [4.69, 9.17) is 0 Å². The minimum absolute atomic E-state index is 0.0491. The summed E-state index contributed by atoms with van der Waals surface area (Å²) < 4.78 is 1.18. The van der Waals surface area contributed by atoms with Crippen LogP contribution in [0.3, 0.4) is 0 Å². The van der Waals surface area contributed by atoms with Gasteiger partial charge in [-0.2, -0.15) is 5.10 Å². The smallest absolute Gasteiger partial charge is 0.271 e. The van der Waals surface area contributed by atoms with E-state index in [1.807, 2.05) is 24.3 Å². The molecule has 0 spiro atoms. The van der Waals surface area contributed by atoms with Crippen molar-refractivity contribution in [1.29, 1.82) is 0 Å². The number of aromatic amines is 1.